The number of thiophene rings is 1. The minimum absolute atomic E-state index is 0.148. The standard InChI is InChI=1S/C11H11F2NS/c1-5-8-3-7(12)4-9(13)11(8)15-10(5)6(2)14/h3-4,6H,14H2,1-2H3. The van der Waals surface area contributed by atoms with Gasteiger partial charge >= 0.3 is 0 Å². The molecule has 1 aromatic carbocycles. The minimum Gasteiger partial charge on any atom is -0.323 e. The first-order valence-electron chi connectivity index (χ1n) is 4.64. The van der Waals surface area contributed by atoms with Crippen LogP contribution in [-0.2, 0) is 0 Å². The summed E-state index contributed by atoms with van der Waals surface area (Å²) in [6, 6.07) is 2.11. The van der Waals surface area contributed by atoms with Crippen molar-refractivity contribution in [1.29, 1.82) is 0 Å². The number of benzene rings is 1. The quantitative estimate of drug-likeness (QED) is 0.792. The second-order valence-corrected chi connectivity index (χ2v) is 4.70. The summed E-state index contributed by atoms with van der Waals surface area (Å²) in [7, 11) is 0. The SMILES string of the molecule is Cc1c(C(C)N)sc2c(F)cc(F)cc12. The molecular weight excluding hydrogens is 216 g/mol. The van der Waals surface area contributed by atoms with Gasteiger partial charge in [0.1, 0.15) is 11.6 Å². The van der Waals surface area contributed by atoms with Crippen molar-refractivity contribution in [3.05, 3.63) is 34.2 Å². The molecule has 0 aliphatic heterocycles. The molecule has 2 aromatic rings. The van der Waals surface area contributed by atoms with Gasteiger partial charge in [-0.15, -0.1) is 11.3 Å². The molecule has 2 N–H and O–H groups in total. The van der Waals surface area contributed by atoms with Gasteiger partial charge in [0, 0.05) is 22.4 Å². The van der Waals surface area contributed by atoms with E-state index in [0.29, 0.717) is 10.1 Å². The van der Waals surface area contributed by atoms with Crippen LogP contribution in [0.2, 0.25) is 0 Å². The molecule has 0 aliphatic rings. The highest BCUT2D eigenvalue weighted by Crippen LogP contribution is 2.35. The summed E-state index contributed by atoms with van der Waals surface area (Å²) in [5.41, 5.74) is 6.64. The lowest BCUT2D eigenvalue weighted by atomic mass is 10.1. The highest BCUT2D eigenvalue weighted by molar-refractivity contribution is 7.19. The Bertz CT molecular complexity index is 517. The topological polar surface area (TPSA) is 26.0 Å². The van der Waals surface area contributed by atoms with Crippen LogP contribution in [0.5, 0.6) is 0 Å². The smallest absolute Gasteiger partial charge is 0.143 e. The van der Waals surface area contributed by atoms with Gasteiger partial charge < -0.3 is 5.73 Å². The van der Waals surface area contributed by atoms with E-state index in [1.807, 2.05) is 13.8 Å². The van der Waals surface area contributed by atoms with Crippen molar-refractivity contribution in [2.24, 2.45) is 5.73 Å². The van der Waals surface area contributed by atoms with E-state index in [1.54, 1.807) is 0 Å². The van der Waals surface area contributed by atoms with Gasteiger partial charge in [0.05, 0.1) is 4.70 Å². The van der Waals surface area contributed by atoms with Crippen molar-refractivity contribution in [3.63, 3.8) is 0 Å². The fraction of sp³-hybridized carbons (Fsp3) is 0.273. The summed E-state index contributed by atoms with van der Waals surface area (Å²) in [5, 5.41) is 0.629. The van der Waals surface area contributed by atoms with Gasteiger partial charge in [-0.2, -0.15) is 0 Å². The van der Waals surface area contributed by atoms with Gasteiger partial charge in [0.2, 0.25) is 0 Å². The van der Waals surface area contributed by atoms with Crippen LogP contribution in [-0.4, -0.2) is 0 Å². The molecule has 0 saturated carbocycles. The number of hydrogen-bond donors (Lipinski definition) is 1. The van der Waals surface area contributed by atoms with Crippen molar-refractivity contribution in [1.82, 2.24) is 0 Å². The first kappa shape index (κ1) is 10.5. The van der Waals surface area contributed by atoms with E-state index in [2.05, 4.69) is 0 Å². The van der Waals surface area contributed by atoms with Crippen LogP contribution in [0, 0.1) is 18.6 Å². The normalized spacial score (nSPS) is 13.4. The van der Waals surface area contributed by atoms with Crippen LogP contribution in [0.4, 0.5) is 8.78 Å². The van der Waals surface area contributed by atoms with Crippen molar-refractivity contribution < 1.29 is 8.78 Å². The lowest BCUT2D eigenvalue weighted by Gasteiger charge is -2.01. The number of fused-ring (bicyclic) bond motifs is 1. The lowest BCUT2D eigenvalue weighted by Crippen LogP contribution is -2.03. The van der Waals surface area contributed by atoms with E-state index in [1.165, 1.54) is 17.4 Å². The molecule has 80 valence electrons. The van der Waals surface area contributed by atoms with Crippen LogP contribution < -0.4 is 5.73 Å². The molecular formula is C11H11F2NS. The van der Waals surface area contributed by atoms with Gasteiger partial charge in [-0.05, 0) is 25.5 Å². The number of rotatable bonds is 1. The van der Waals surface area contributed by atoms with E-state index in [9.17, 15) is 8.78 Å². The number of aryl methyl sites for hydroxylation is 1. The summed E-state index contributed by atoms with van der Waals surface area (Å²) in [6.07, 6.45) is 0. The van der Waals surface area contributed by atoms with Crippen molar-refractivity contribution >= 4 is 21.4 Å². The molecule has 15 heavy (non-hydrogen) atoms. The maximum Gasteiger partial charge on any atom is 0.143 e. The molecule has 1 atom stereocenters. The van der Waals surface area contributed by atoms with Crippen LogP contribution >= 0.6 is 11.3 Å². The average molecular weight is 227 g/mol. The van der Waals surface area contributed by atoms with Crippen molar-refractivity contribution in [2.75, 3.05) is 0 Å². The maximum absolute atomic E-state index is 13.4. The Balaban J connectivity index is 2.82. The molecule has 1 aromatic heterocycles. The molecule has 0 bridgehead atoms. The Morgan fingerprint density at radius 2 is 2.00 bits per heavy atom. The molecule has 0 aliphatic carbocycles. The second-order valence-electron chi connectivity index (χ2n) is 3.64. The highest BCUT2D eigenvalue weighted by atomic mass is 32.1. The van der Waals surface area contributed by atoms with Crippen LogP contribution in [0.15, 0.2) is 12.1 Å². The van der Waals surface area contributed by atoms with Crippen LogP contribution in [0.25, 0.3) is 10.1 Å². The van der Waals surface area contributed by atoms with Gasteiger partial charge in [-0.25, -0.2) is 8.78 Å². The lowest BCUT2D eigenvalue weighted by molar-refractivity contribution is 0.593. The first-order chi connectivity index (χ1) is 7.00. The van der Waals surface area contributed by atoms with Crippen LogP contribution in [0.1, 0.15) is 23.4 Å². The number of nitrogens with two attached hydrogens (primary N) is 1. The predicted octanol–water partition coefficient (Wildman–Crippen LogP) is 3.51. The summed E-state index contributed by atoms with van der Waals surface area (Å²) in [4.78, 5) is 0.912. The fourth-order valence-corrected chi connectivity index (χ4v) is 2.84. The van der Waals surface area contributed by atoms with E-state index >= 15 is 0 Å². The molecule has 2 rings (SSSR count). The highest BCUT2D eigenvalue weighted by Gasteiger charge is 2.15. The molecule has 1 heterocycles. The largest absolute Gasteiger partial charge is 0.323 e. The molecule has 1 nitrogen and oxygen atoms in total. The van der Waals surface area contributed by atoms with Gasteiger partial charge in [-0.3, -0.25) is 0 Å². The Kier molecular flexibility index (Phi) is 2.48. The van der Waals surface area contributed by atoms with E-state index in [4.69, 9.17) is 5.73 Å². The molecule has 0 spiro atoms. The van der Waals surface area contributed by atoms with Gasteiger partial charge in [0.15, 0.2) is 0 Å². The Morgan fingerprint density at radius 3 is 2.60 bits per heavy atom. The third-order valence-electron chi connectivity index (χ3n) is 2.41. The van der Waals surface area contributed by atoms with Gasteiger partial charge in [0.25, 0.3) is 0 Å². The number of halogens is 2. The molecule has 0 fully saturated rings. The number of hydrogen-bond acceptors (Lipinski definition) is 2. The summed E-state index contributed by atoms with van der Waals surface area (Å²) >= 11 is 1.30. The second kappa shape index (κ2) is 3.54. The Labute approximate surface area is 90.5 Å². The third kappa shape index (κ3) is 1.64. The first-order valence-corrected chi connectivity index (χ1v) is 5.46. The zero-order chi connectivity index (χ0) is 11.2. The summed E-state index contributed by atoms with van der Waals surface area (Å²) < 4.78 is 26.9. The van der Waals surface area contributed by atoms with E-state index in [0.717, 1.165) is 16.5 Å². The summed E-state index contributed by atoms with van der Waals surface area (Å²) in [6.45, 7) is 3.68. The van der Waals surface area contributed by atoms with E-state index < -0.39 is 11.6 Å². The van der Waals surface area contributed by atoms with E-state index in [-0.39, 0.29) is 6.04 Å². The zero-order valence-electron chi connectivity index (χ0n) is 8.47. The Morgan fingerprint density at radius 1 is 1.33 bits per heavy atom. The molecule has 0 radical (unpaired) electrons. The fourth-order valence-electron chi connectivity index (χ4n) is 1.70. The molecule has 0 saturated heterocycles. The zero-order valence-corrected chi connectivity index (χ0v) is 9.29. The van der Waals surface area contributed by atoms with Crippen LogP contribution in [0.3, 0.4) is 0 Å². The maximum atomic E-state index is 13.4. The molecule has 1 unspecified atom stereocenters. The molecule has 4 heteroatoms. The van der Waals surface area contributed by atoms with Crippen molar-refractivity contribution in [3.8, 4) is 0 Å². The summed E-state index contributed by atoms with van der Waals surface area (Å²) in [5.74, 6) is -1.05. The third-order valence-corrected chi connectivity index (χ3v) is 3.92. The average Bonchev–Trinajstić information content (AvgIpc) is 2.44. The Hall–Kier alpha value is -1.00. The molecule has 0 amide bonds. The minimum atomic E-state index is -0.544. The predicted molar refractivity (Wildman–Crippen MR) is 59.1 cm³/mol. The van der Waals surface area contributed by atoms with Crippen molar-refractivity contribution in [2.45, 2.75) is 19.9 Å². The van der Waals surface area contributed by atoms with Gasteiger partial charge in [-0.1, -0.05) is 0 Å². The monoisotopic (exact) mass is 227 g/mol.